The zero-order valence-corrected chi connectivity index (χ0v) is 14.4. The van der Waals surface area contributed by atoms with Crippen LogP contribution in [0, 0.1) is 11.6 Å². The molecule has 2 rings (SSSR count). The number of hydrogen-bond donors (Lipinski definition) is 3. The van der Waals surface area contributed by atoms with Gasteiger partial charge in [-0.15, -0.1) is 0 Å². The van der Waals surface area contributed by atoms with Gasteiger partial charge in [-0.25, -0.2) is 13.6 Å². The molecule has 0 aliphatic carbocycles. The van der Waals surface area contributed by atoms with Gasteiger partial charge < -0.3 is 16.0 Å². The Morgan fingerprint density at radius 1 is 1.04 bits per heavy atom. The summed E-state index contributed by atoms with van der Waals surface area (Å²) in [4.78, 5) is 24.4. The van der Waals surface area contributed by atoms with Crippen molar-refractivity contribution < 1.29 is 18.4 Å². The molecule has 0 aliphatic heterocycles. The third-order valence-electron chi connectivity index (χ3n) is 3.66. The normalized spacial score (nSPS) is 11.5. The van der Waals surface area contributed by atoms with Gasteiger partial charge in [-0.2, -0.15) is 0 Å². The molecule has 0 fully saturated rings. The fraction of sp³-hybridized carbons (Fsp3) is 0.263. The number of nitrogens with one attached hydrogen (secondary N) is 3. The summed E-state index contributed by atoms with van der Waals surface area (Å²) in [6, 6.07) is 10.0. The van der Waals surface area contributed by atoms with Crippen LogP contribution in [0.3, 0.4) is 0 Å². The minimum Gasteiger partial charge on any atom is -0.334 e. The molecule has 1 atom stereocenters. The maximum atomic E-state index is 13.2. The van der Waals surface area contributed by atoms with Gasteiger partial charge in [-0.05, 0) is 42.3 Å². The predicted molar refractivity (Wildman–Crippen MR) is 95.5 cm³/mol. The van der Waals surface area contributed by atoms with Gasteiger partial charge in [0.15, 0.2) is 0 Å². The van der Waals surface area contributed by atoms with Crippen LogP contribution >= 0.6 is 0 Å². The number of halogens is 2. The Morgan fingerprint density at radius 2 is 1.77 bits per heavy atom. The second kappa shape index (κ2) is 9.50. The second-order valence-electron chi connectivity index (χ2n) is 5.79. The average molecular weight is 361 g/mol. The Kier molecular flexibility index (Phi) is 7.08. The molecular formula is C19H21F2N3O2. The van der Waals surface area contributed by atoms with Crippen LogP contribution in [0.25, 0.3) is 0 Å². The molecule has 0 aromatic heterocycles. The molecule has 138 valence electrons. The lowest BCUT2D eigenvalue weighted by Gasteiger charge is -2.18. The van der Waals surface area contributed by atoms with Crippen molar-refractivity contribution in [2.75, 3.05) is 5.32 Å². The highest BCUT2D eigenvalue weighted by atomic mass is 19.1. The fourth-order valence-corrected chi connectivity index (χ4v) is 2.35. The molecule has 0 aliphatic rings. The maximum Gasteiger partial charge on any atom is 0.315 e. The van der Waals surface area contributed by atoms with E-state index in [2.05, 4.69) is 16.0 Å². The van der Waals surface area contributed by atoms with Crippen LogP contribution in [0.15, 0.2) is 48.5 Å². The molecule has 5 nitrogen and oxygen atoms in total. The molecule has 0 saturated carbocycles. The summed E-state index contributed by atoms with van der Waals surface area (Å²) < 4.78 is 26.1. The first-order valence-corrected chi connectivity index (χ1v) is 8.33. The maximum absolute atomic E-state index is 13.2. The first kappa shape index (κ1) is 19.4. The molecule has 2 aromatic rings. The first-order valence-electron chi connectivity index (χ1n) is 8.33. The predicted octanol–water partition coefficient (Wildman–Crippen LogP) is 3.57. The van der Waals surface area contributed by atoms with E-state index in [0.29, 0.717) is 18.5 Å². The van der Waals surface area contributed by atoms with Crippen LogP contribution < -0.4 is 16.0 Å². The van der Waals surface area contributed by atoms with Crippen LogP contribution in [0.4, 0.5) is 19.3 Å². The Labute approximate surface area is 150 Å². The molecule has 0 saturated heterocycles. The van der Waals surface area contributed by atoms with E-state index in [1.165, 1.54) is 30.3 Å². The lowest BCUT2D eigenvalue weighted by molar-refractivity contribution is -0.118. The Morgan fingerprint density at radius 3 is 2.42 bits per heavy atom. The molecule has 26 heavy (non-hydrogen) atoms. The van der Waals surface area contributed by atoms with Crippen molar-refractivity contribution in [2.24, 2.45) is 0 Å². The first-order chi connectivity index (χ1) is 12.5. The highest BCUT2D eigenvalue weighted by molar-refractivity contribution is 5.96. The SMILES string of the molecule is CCC[C@H](NC(=O)NCc1ccc(F)cc1)C(=O)Nc1cccc(F)c1. The second-order valence-corrected chi connectivity index (χ2v) is 5.79. The third-order valence-corrected chi connectivity index (χ3v) is 3.66. The molecule has 0 heterocycles. The largest absolute Gasteiger partial charge is 0.334 e. The number of carbonyl (C=O) groups excluding carboxylic acids is 2. The number of amides is 3. The molecule has 0 radical (unpaired) electrons. The number of carbonyl (C=O) groups is 2. The van der Waals surface area contributed by atoms with Gasteiger partial charge >= 0.3 is 6.03 Å². The number of anilines is 1. The van der Waals surface area contributed by atoms with E-state index in [9.17, 15) is 18.4 Å². The Balaban J connectivity index is 1.90. The van der Waals surface area contributed by atoms with Crippen molar-refractivity contribution in [3.05, 3.63) is 65.7 Å². The molecule has 3 amide bonds. The molecule has 0 spiro atoms. The highest BCUT2D eigenvalue weighted by Gasteiger charge is 2.20. The molecule has 3 N–H and O–H groups in total. The quantitative estimate of drug-likeness (QED) is 0.706. The standard InChI is InChI=1S/C19H21F2N3O2/c1-2-4-17(18(25)23-16-6-3-5-15(21)11-16)24-19(26)22-12-13-7-9-14(20)10-8-13/h3,5-11,17H,2,4,12H2,1H3,(H,23,25)(H2,22,24,26)/t17-/m0/s1. The van der Waals surface area contributed by atoms with Gasteiger partial charge in [0.2, 0.25) is 5.91 Å². The van der Waals surface area contributed by atoms with E-state index in [4.69, 9.17) is 0 Å². The van der Waals surface area contributed by atoms with Crippen LogP contribution in [0.2, 0.25) is 0 Å². The summed E-state index contributed by atoms with van der Waals surface area (Å²) in [5.74, 6) is -1.23. The number of hydrogen-bond acceptors (Lipinski definition) is 2. The van der Waals surface area contributed by atoms with Gasteiger partial charge in [-0.3, -0.25) is 4.79 Å². The van der Waals surface area contributed by atoms with Crippen molar-refractivity contribution in [3.8, 4) is 0 Å². The Hall–Kier alpha value is -2.96. The summed E-state index contributed by atoms with van der Waals surface area (Å²) in [5, 5.41) is 7.82. The van der Waals surface area contributed by atoms with Crippen LogP contribution in [-0.2, 0) is 11.3 Å². The van der Waals surface area contributed by atoms with Gasteiger partial charge in [0, 0.05) is 12.2 Å². The van der Waals surface area contributed by atoms with Crippen LogP contribution in [-0.4, -0.2) is 18.0 Å². The van der Waals surface area contributed by atoms with Crippen molar-refractivity contribution in [2.45, 2.75) is 32.4 Å². The van der Waals surface area contributed by atoms with Crippen molar-refractivity contribution >= 4 is 17.6 Å². The number of urea groups is 1. The van der Waals surface area contributed by atoms with E-state index < -0.39 is 23.8 Å². The number of rotatable bonds is 7. The van der Waals surface area contributed by atoms with Crippen LogP contribution in [0.1, 0.15) is 25.3 Å². The molecule has 7 heteroatoms. The van der Waals surface area contributed by atoms with Crippen molar-refractivity contribution in [3.63, 3.8) is 0 Å². The molecule has 0 bridgehead atoms. The lowest BCUT2D eigenvalue weighted by atomic mass is 10.1. The van der Waals surface area contributed by atoms with Gasteiger partial charge in [0.1, 0.15) is 17.7 Å². The topological polar surface area (TPSA) is 70.2 Å². The van der Waals surface area contributed by atoms with Crippen molar-refractivity contribution in [1.29, 1.82) is 0 Å². The third kappa shape index (κ3) is 6.16. The lowest BCUT2D eigenvalue weighted by Crippen LogP contribution is -2.47. The van der Waals surface area contributed by atoms with E-state index in [1.807, 2.05) is 6.92 Å². The average Bonchev–Trinajstić information content (AvgIpc) is 2.61. The van der Waals surface area contributed by atoms with E-state index >= 15 is 0 Å². The number of benzene rings is 2. The highest BCUT2D eigenvalue weighted by Crippen LogP contribution is 2.10. The van der Waals surface area contributed by atoms with Crippen molar-refractivity contribution in [1.82, 2.24) is 10.6 Å². The molecular weight excluding hydrogens is 340 g/mol. The van der Waals surface area contributed by atoms with E-state index in [-0.39, 0.29) is 12.4 Å². The molecule has 0 unspecified atom stereocenters. The summed E-state index contributed by atoms with van der Waals surface area (Å²) in [7, 11) is 0. The summed E-state index contributed by atoms with van der Waals surface area (Å²) in [5.41, 5.74) is 1.06. The van der Waals surface area contributed by atoms with E-state index in [0.717, 1.165) is 5.56 Å². The Bertz CT molecular complexity index is 751. The zero-order valence-electron chi connectivity index (χ0n) is 14.4. The fourth-order valence-electron chi connectivity index (χ4n) is 2.35. The smallest absolute Gasteiger partial charge is 0.315 e. The monoisotopic (exact) mass is 361 g/mol. The minimum atomic E-state index is -0.753. The van der Waals surface area contributed by atoms with Gasteiger partial charge in [0.05, 0.1) is 0 Å². The van der Waals surface area contributed by atoms with Gasteiger partial charge in [0.25, 0.3) is 0 Å². The van der Waals surface area contributed by atoms with Crippen LogP contribution in [0.5, 0.6) is 0 Å². The van der Waals surface area contributed by atoms with Gasteiger partial charge in [-0.1, -0.05) is 31.5 Å². The summed E-state index contributed by atoms with van der Waals surface area (Å²) in [6.07, 6.45) is 1.12. The summed E-state index contributed by atoms with van der Waals surface area (Å²) >= 11 is 0. The minimum absolute atomic E-state index is 0.205. The van der Waals surface area contributed by atoms with E-state index in [1.54, 1.807) is 18.2 Å². The molecule has 2 aromatic carbocycles. The summed E-state index contributed by atoms with van der Waals surface area (Å²) in [6.45, 7) is 2.09. The zero-order chi connectivity index (χ0) is 18.9.